The lowest BCUT2D eigenvalue weighted by Gasteiger charge is -2.06. The maximum Gasteiger partial charge on any atom is 0.111 e. The topological polar surface area (TPSA) is 46.0 Å². The average molecular weight is 164 g/mol. The number of aromatic nitrogens is 2. The Bertz CT molecular complexity index is 275. The van der Waals surface area contributed by atoms with Crippen LogP contribution in [0.5, 0.6) is 0 Å². The molecule has 0 amide bonds. The van der Waals surface area contributed by atoms with Crippen molar-refractivity contribution in [1.82, 2.24) is 9.97 Å². The third-order valence-electron chi connectivity index (χ3n) is 2.57. The van der Waals surface area contributed by atoms with E-state index in [0.29, 0.717) is 5.92 Å². The van der Waals surface area contributed by atoms with Crippen LogP contribution in [0.4, 0.5) is 0 Å². The van der Waals surface area contributed by atoms with Crippen LogP contribution in [-0.2, 0) is 5.60 Å². The molecular weight excluding hydrogens is 152 g/mol. The quantitative estimate of drug-likeness (QED) is 0.711. The van der Waals surface area contributed by atoms with E-state index < -0.39 is 5.60 Å². The van der Waals surface area contributed by atoms with Crippen LogP contribution < -0.4 is 0 Å². The Labute approximate surface area is 71.5 Å². The van der Waals surface area contributed by atoms with Gasteiger partial charge in [-0.25, -0.2) is 0 Å². The summed E-state index contributed by atoms with van der Waals surface area (Å²) in [5.74, 6) is 0.384. The minimum Gasteiger partial charge on any atom is -0.383 e. The lowest BCUT2D eigenvalue weighted by atomic mass is 10.1. The van der Waals surface area contributed by atoms with Gasteiger partial charge >= 0.3 is 0 Å². The van der Waals surface area contributed by atoms with Crippen molar-refractivity contribution < 1.29 is 5.11 Å². The summed E-state index contributed by atoms with van der Waals surface area (Å²) < 4.78 is 0. The molecule has 1 aliphatic rings. The fraction of sp³-hybridized carbons (Fsp3) is 0.556. The molecule has 1 aromatic heterocycles. The van der Waals surface area contributed by atoms with Gasteiger partial charge in [0, 0.05) is 12.4 Å². The molecule has 1 aromatic rings. The minimum atomic E-state index is -0.664. The van der Waals surface area contributed by atoms with Gasteiger partial charge in [-0.3, -0.25) is 9.97 Å². The molecule has 0 radical (unpaired) electrons. The molecule has 0 aliphatic heterocycles. The van der Waals surface area contributed by atoms with Crippen molar-refractivity contribution in [3.8, 4) is 0 Å². The average Bonchev–Trinajstić information content (AvgIpc) is 2.81. The summed E-state index contributed by atoms with van der Waals surface area (Å²) in [6.07, 6.45) is 6.74. The number of hydrogen-bond acceptors (Lipinski definition) is 3. The highest BCUT2D eigenvalue weighted by molar-refractivity contribution is 5.19. The van der Waals surface area contributed by atoms with Crippen LogP contribution in [0.25, 0.3) is 0 Å². The number of nitrogens with zero attached hydrogens (tertiary/aromatic N) is 2. The molecule has 2 rings (SSSR count). The summed E-state index contributed by atoms with van der Waals surface area (Å²) in [7, 11) is 0. The zero-order chi connectivity index (χ0) is 8.60. The third kappa shape index (κ3) is 1.01. The SMILES string of the molecule is CCC1CC1(O)c1cnccn1. The Morgan fingerprint density at radius 3 is 3.00 bits per heavy atom. The van der Waals surface area contributed by atoms with Gasteiger partial charge in [0.25, 0.3) is 0 Å². The van der Waals surface area contributed by atoms with E-state index in [9.17, 15) is 5.11 Å². The molecule has 0 bridgehead atoms. The first-order valence-corrected chi connectivity index (χ1v) is 4.26. The molecular formula is C9H12N2O. The molecule has 1 aliphatic carbocycles. The van der Waals surface area contributed by atoms with Crippen LogP contribution in [0.2, 0.25) is 0 Å². The Kier molecular flexibility index (Phi) is 1.61. The summed E-state index contributed by atoms with van der Waals surface area (Å²) in [4.78, 5) is 8.04. The highest BCUT2D eigenvalue weighted by Gasteiger charge is 2.54. The summed E-state index contributed by atoms with van der Waals surface area (Å²) in [6, 6.07) is 0. The number of hydrogen-bond donors (Lipinski definition) is 1. The van der Waals surface area contributed by atoms with Gasteiger partial charge in [0.15, 0.2) is 0 Å². The molecule has 1 heterocycles. The number of aliphatic hydroxyl groups is 1. The lowest BCUT2D eigenvalue weighted by Crippen LogP contribution is -2.10. The Hall–Kier alpha value is -0.960. The smallest absolute Gasteiger partial charge is 0.111 e. The van der Waals surface area contributed by atoms with E-state index in [1.807, 2.05) is 0 Å². The molecule has 1 saturated carbocycles. The predicted octanol–water partition coefficient (Wildman–Crippen LogP) is 1.09. The first kappa shape index (κ1) is 7.68. The van der Waals surface area contributed by atoms with Gasteiger partial charge in [0.2, 0.25) is 0 Å². The van der Waals surface area contributed by atoms with Crippen molar-refractivity contribution in [2.24, 2.45) is 5.92 Å². The zero-order valence-corrected chi connectivity index (χ0v) is 7.07. The van der Waals surface area contributed by atoms with Crippen molar-refractivity contribution >= 4 is 0 Å². The minimum absolute atomic E-state index is 0.384. The van der Waals surface area contributed by atoms with Crippen LogP contribution >= 0.6 is 0 Å². The van der Waals surface area contributed by atoms with E-state index in [-0.39, 0.29) is 0 Å². The van der Waals surface area contributed by atoms with E-state index in [1.54, 1.807) is 18.6 Å². The van der Waals surface area contributed by atoms with Crippen LogP contribution in [0, 0.1) is 5.92 Å². The van der Waals surface area contributed by atoms with Gasteiger partial charge in [-0.2, -0.15) is 0 Å². The fourth-order valence-electron chi connectivity index (χ4n) is 1.64. The molecule has 64 valence electrons. The van der Waals surface area contributed by atoms with Gasteiger partial charge in [-0.05, 0) is 12.3 Å². The maximum atomic E-state index is 9.96. The molecule has 3 nitrogen and oxygen atoms in total. The molecule has 1 fully saturated rings. The first-order chi connectivity index (χ1) is 5.77. The number of rotatable bonds is 2. The van der Waals surface area contributed by atoms with E-state index in [1.165, 1.54) is 0 Å². The van der Waals surface area contributed by atoms with Crippen molar-refractivity contribution in [1.29, 1.82) is 0 Å². The third-order valence-corrected chi connectivity index (χ3v) is 2.57. The van der Waals surface area contributed by atoms with E-state index in [2.05, 4.69) is 16.9 Å². The molecule has 3 heteroatoms. The Morgan fingerprint density at radius 2 is 2.50 bits per heavy atom. The van der Waals surface area contributed by atoms with Crippen molar-refractivity contribution in [2.75, 3.05) is 0 Å². The van der Waals surface area contributed by atoms with Gasteiger partial charge in [0.1, 0.15) is 5.60 Å². The normalized spacial score (nSPS) is 33.3. The standard InChI is InChI=1S/C9H12N2O/c1-2-7-5-9(7,12)8-6-10-3-4-11-8/h3-4,6-7,12H,2,5H2,1H3. The molecule has 2 unspecified atom stereocenters. The molecule has 1 N–H and O–H groups in total. The van der Waals surface area contributed by atoms with E-state index in [0.717, 1.165) is 18.5 Å². The summed E-state index contributed by atoms with van der Waals surface area (Å²) >= 11 is 0. The van der Waals surface area contributed by atoms with Crippen molar-refractivity contribution in [3.63, 3.8) is 0 Å². The van der Waals surface area contributed by atoms with Gasteiger partial charge < -0.3 is 5.11 Å². The van der Waals surface area contributed by atoms with E-state index >= 15 is 0 Å². The first-order valence-electron chi connectivity index (χ1n) is 4.26. The predicted molar refractivity (Wildman–Crippen MR) is 44.3 cm³/mol. The second kappa shape index (κ2) is 2.52. The second-order valence-corrected chi connectivity index (χ2v) is 3.32. The monoisotopic (exact) mass is 164 g/mol. The highest BCUT2D eigenvalue weighted by Crippen LogP contribution is 2.52. The Balaban J connectivity index is 2.23. The van der Waals surface area contributed by atoms with Crippen LogP contribution in [0.15, 0.2) is 18.6 Å². The highest BCUT2D eigenvalue weighted by atomic mass is 16.3. The van der Waals surface area contributed by atoms with Crippen molar-refractivity contribution in [3.05, 3.63) is 24.3 Å². The van der Waals surface area contributed by atoms with Crippen LogP contribution in [0.3, 0.4) is 0 Å². The summed E-state index contributed by atoms with van der Waals surface area (Å²) in [5, 5.41) is 9.96. The molecule has 0 saturated heterocycles. The van der Waals surface area contributed by atoms with Gasteiger partial charge in [0.05, 0.1) is 11.9 Å². The summed E-state index contributed by atoms with van der Waals surface area (Å²) in [6.45, 7) is 2.08. The zero-order valence-electron chi connectivity index (χ0n) is 7.07. The lowest BCUT2D eigenvalue weighted by molar-refractivity contribution is 0.125. The van der Waals surface area contributed by atoms with Gasteiger partial charge in [-0.15, -0.1) is 0 Å². The Morgan fingerprint density at radius 1 is 1.67 bits per heavy atom. The maximum absolute atomic E-state index is 9.96. The van der Waals surface area contributed by atoms with Crippen molar-refractivity contribution in [2.45, 2.75) is 25.4 Å². The van der Waals surface area contributed by atoms with Crippen LogP contribution in [0.1, 0.15) is 25.5 Å². The fourth-order valence-corrected chi connectivity index (χ4v) is 1.64. The van der Waals surface area contributed by atoms with Crippen LogP contribution in [-0.4, -0.2) is 15.1 Å². The molecule has 0 aromatic carbocycles. The van der Waals surface area contributed by atoms with Gasteiger partial charge in [-0.1, -0.05) is 13.3 Å². The largest absolute Gasteiger partial charge is 0.383 e. The second-order valence-electron chi connectivity index (χ2n) is 3.32. The molecule has 2 atom stereocenters. The molecule has 12 heavy (non-hydrogen) atoms. The summed E-state index contributed by atoms with van der Waals surface area (Å²) in [5.41, 5.74) is 0.0556. The molecule has 0 spiro atoms. The van der Waals surface area contributed by atoms with E-state index in [4.69, 9.17) is 0 Å².